The maximum Gasteiger partial charge on any atom is 0.251 e. The number of halogens is 1. The molecule has 1 heterocycles. The Labute approximate surface area is 173 Å². The Morgan fingerprint density at radius 2 is 1.75 bits per heavy atom. The molecular formula is C22H21ClN2O2S. The molecule has 0 saturated heterocycles. The van der Waals surface area contributed by atoms with Gasteiger partial charge in [-0.15, -0.1) is 11.3 Å². The van der Waals surface area contributed by atoms with Crippen molar-refractivity contribution in [2.75, 3.05) is 5.32 Å². The van der Waals surface area contributed by atoms with Gasteiger partial charge in [-0.25, -0.2) is 0 Å². The number of carbonyl (C=O) groups excluding carboxylic acids is 2. The molecule has 4 nitrogen and oxygen atoms in total. The molecule has 0 atom stereocenters. The van der Waals surface area contributed by atoms with Gasteiger partial charge in [-0.05, 0) is 36.1 Å². The van der Waals surface area contributed by atoms with E-state index < -0.39 is 5.91 Å². The van der Waals surface area contributed by atoms with Crippen LogP contribution in [0, 0.1) is 6.92 Å². The van der Waals surface area contributed by atoms with Crippen molar-refractivity contribution >= 4 is 39.8 Å². The molecule has 3 rings (SSSR count). The van der Waals surface area contributed by atoms with Crippen LogP contribution >= 0.6 is 22.9 Å². The Morgan fingerprint density at radius 3 is 2.43 bits per heavy atom. The number of hydrogen-bond donors (Lipinski definition) is 2. The van der Waals surface area contributed by atoms with Crippen molar-refractivity contribution in [1.29, 1.82) is 0 Å². The van der Waals surface area contributed by atoms with E-state index in [-0.39, 0.29) is 12.3 Å². The van der Waals surface area contributed by atoms with Crippen LogP contribution in [-0.4, -0.2) is 11.8 Å². The Balaban J connectivity index is 1.75. The van der Waals surface area contributed by atoms with E-state index in [0.717, 1.165) is 21.6 Å². The van der Waals surface area contributed by atoms with Crippen molar-refractivity contribution in [2.45, 2.75) is 26.2 Å². The molecule has 3 N–H and O–H groups in total. The zero-order chi connectivity index (χ0) is 20.1. The summed E-state index contributed by atoms with van der Waals surface area (Å²) >= 11 is 7.55. The van der Waals surface area contributed by atoms with Gasteiger partial charge in [-0.2, -0.15) is 0 Å². The Morgan fingerprint density at radius 1 is 1.07 bits per heavy atom. The molecule has 0 aliphatic rings. The second-order valence-electron chi connectivity index (χ2n) is 6.52. The quantitative estimate of drug-likeness (QED) is 0.575. The monoisotopic (exact) mass is 412 g/mol. The third-order valence-electron chi connectivity index (χ3n) is 4.53. The van der Waals surface area contributed by atoms with Crippen molar-refractivity contribution in [3.8, 4) is 0 Å². The normalized spacial score (nSPS) is 10.6. The molecule has 0 aliphatic heterocycles. The molecule has 0 radical (unpaired) electrons. The number of amides is 2. The maximum atomic E-state index is 12.5. The lowest BCUT2D eigenvalue weighted by atomic mass is 10.1. The highest BCUT2D eigenvalue weighted by Crippen LogP contribution is 2.34. The highest BCUT2D eigenvalue weighted by atomic mass is 35.5. The first-order valence-corrected chi connectivity index (χ1v) is 10.1. The van der Waals surface area contributed by atoms with Crippen molar-refractivity contribution in [1.82, 2.24) is 0 Å². The average Bonchev–Trinajstić information content (AvgIpc) is 2.97. The minimum absolute atomic E-state index is 0.171. The SMILES string of the molecule is Cc1c(Cc2ccccc2)sc(NC(=O)CCc2ccccc2Cl)c1C(N)=O. The Bertz CT molecular complexity index is 999. The molecule has 0 spiro atoms. The van der Waals surface area contributed by atoms with Gasteiger partial charge in [0.1, 0.15) is 5.00 Å². The lowest BCUT2D eigenvalue weighted by Crippen LogP contribution is -2.17. The molecule has 0 unspecified atom stereocenters. The van der Waals surface area contributed by atoms with Crippen molar-refractivity contribution in [2.24, 2.45) is 5.73 Å². The number of aryl methyl sites for hydroxylation is 1. The summed E-state index contributed by atoms with van der Waals surface area (Å²) in [6, 6.07) is 17.4. The van der Waals surface area contributed by atoms with E-state index >= 15 is 0 Å². The summed E-state index contributed by atoms with van der Waals surface area (Å²) in [7, 11) is 0. The zero-order valence-electron chi connectivity index (χ0n) is 15.5. The lowest BCUT2D eigenvalue weighted by Gasteiger charge is -2.06. The molecule has 0 fully saturated rings. The van der Waals surface area contributed by atoms with Crippen LogP contribution in [-0.2, 0) is 17.6 Å². The maximum absolute atomic E-state index is 12.5. The molecular weight excluding hydrogens is 392 g/mol. The van der Waals surface area contributed by atoms with Crippen molar-refractivity contribution in [3.05, 3.63) is 86.8 Å². The molecule has 2 aromatic carbocycles. The summed E-state index contributed by atoms with van der Waals surface area (Å²) in [6.07, 6.45) is 1.48. The summed E-state index contributed by atoms with van der Waals surface area (Å²) in [5.41, 5.74) is 8.85. The first-order chi connectivity index (χ1) is 13.5. The molecule has 6 heteroatoms. The highest BCUT2D eigenvalue weighted by molar-refractivity contribution is 7.17. The summed E-state index contributed by atoms with van der Waals surface area (Å²) < 4.78 is 0. The first kappa shape index (κ1) is 20.1. The van der Waals surface area contributed by atoms with E-state index in [1.54, 1.807) is 6.07 Å². The minimum atomic E-state index is -0.533. The number of anilines is 1. The topological polar surface area (TPSA) is 72.2 Å². The van der Waals surface area contributed by atoms with Gasteiger partial charge in [0, 0.05) is 22.7 Å². The third-order valence-corrected chi connectivity index (χ3v) is 6.11. The summed E-state index contributed by atoms with van der Waals surface area (Å²) in [6.45, 7) is 1.87. The smallest absolute Gasteiger partial charge is 0.251 e. The van der Waals surface area contributed by atoms with Crippen LogP contribution in [0.4, 0.5) is 5.00 Å². The predicted octanol–water partition coefficient (Wildman–Crippen LogP) is 4.97. The third kappa shape index (κ3) is 4.80. The van der Waals surface area contributed by atoms with Crippen LogP contribution in [0.25, 0.3) is 0 Å². The van der Waals surface area contributed by atoms with Crippen LogP contribution in [0.5, 0.6) is 0 Å². The number of nitrogens with one attached hydrogen (secondary N) is 1. The number of primary amides is 1. The van der Waals surface area contributed by atoms with Crippen molar-refractivity contribution in [3.63, 3.8) is 0 Å². The standard InChI is InChI=1S/C22H21ClN2O2S/c1-14-18(13-15-7-3-2-4-8-15)28-22(20(14)21(24)27)25-19(26)12-11-16-9-5-6-10-17(16)23/h2-10H,11-13H2,1H3,(H2,24,27)(H,25,26). The predicted molar refractivity (Wildman–Crippen MR) is 115 cm³/mol. The van der Waals surface area contributed by atoms with E-state index in [0.29, 0.717) is 28.4 Å². The molecule has 0 bridgehead atoms. The zero-order valence-corrected chi connectivity index (χ0v) is 17.1. The second kappa shape index (κ2) is 9.04. The Hall–Kier alpha value is -2.63. The van der Waals surface area contributed by atoms with Crippen LogP contribution < -0.4 is 11.1 Å². The molecule has 144 valence electrons. The van der Waals surface area contributed by atoms with Gasteiger partial charge in [-0.1, -0.05) is 60.1 Å². The van der Waals surface area contributed by atoms with E-state index in [9.17, 15) is 9.59 Å². The van der Waals surface area contributed by atoms with Crippen molar-refractivity contribution < 1.29 is 9.59 Å². The molecule has 3 aromatic rings. The molecule has 28 heavy (non-hydrogen) atoms. The van der Waals surface area contributed by atoms with Gasteiger partial charge in [0.2, 0.25) is 5.91 Å². The first-order valence-electron chi connectivity index (χ1n) is 8.95. The number of benzene rings is 2. The van der Waals surface area contributed by atoms with Crippen LogP contribution in [0.3, 0.4) is 0 Å². The molecule has 0 saturated carbocycles. The van der Waals surface area contributed by atoms with Gasteiger partial charge >= 0.3 is 0 Å². The fraction of sp³-hybridized carbons (Fsp3) is 0.182. The molecule has 0 aliphatic carbocycles. The Kier molecular flexibility index (Phi) is 6.49. The summed E-state index contributed by atoms with van der Waals surface area (Å²) in [5, 5.41) is 4.02. The van der Waals surface area contributed by atoms with E-state index in [2.05, 4.69) is 5.32 Å². The largest absolute Gasteiger partial charge is 0.365 e. The second-order valence-corrected chi connectivity index (χ2v) is 8.03. The highest BCUT2D eigenvalue weighted by Gasteiger charge is 2.21. The number of rotatable bonds is 7. The fourth-order valence-corrected chi connectivity index (χ4v) is 4.52. The average molecular weight is 413 g/mol. The summed E-state index contributed by atoms with van der Waals surface area (Å²) in [5.74, 6) is -0.704. The summed E-state index contributed by atoms with van der Waals surface area (Å²) in [4.78, 5) is 25.4. The number of hydrogen-bond acceptors (Lipinski definition) is 3. The van der Waals surface area contributed by atoms with Gasteiger partial charge in [0.15, 0.2) is 0 Å². The van der Waals surface area contributed by atoms with Crippen LogP contribution in [0.2, 0.25) is 5.02 Å². The van der Waals surface area contributed by atoms with Crippen LogP contribution in [0.1, 0.15) is 38.3 Å². The van der Waals surface area contributed by atoms with Gasteiger partial charge in [0.25, 0.3) is 5.91 Å². The van der Waals surface area contributed by atoms with E-state index in [4.69, 9.17) is 17.3 Å². The lowest BCUT2D eigenvalue weighted by molar-refractivity contribution is -0.116. The number of nitrogens with two attached hydrogens (primary N) is 1. The number of thiophene rings is 1. The van der Waals surface area contributed by atoms with Gasteiger partial charge in [0.05, 0.1) is 5.56 Å². The van der Waals surface area contributed by atoms with E-state index in [1.165, 1.54) is 11.3 Å². The van der Waals surface area contributed by atoms with Gasteiger partial charge < -0.3 is 11.1 Å². The fourth-order valence-electron chi connectivity index (χ4n) is 3.03. The molecule has 1 aromatic heterocycles. The van der Waals surface area contributed by atoms with Gasteiger partial charge in [-0.3, -0.25) is 9.59 Å². The van der Waals surface area contributed by atoms with E-state index in [1.807, 2.05) is 55.5 Å². The minimum Gasteiger partial charge on any atom is -0.365 e. The molecule has 2 amide bonds. The number of carbonyl (C=O) groups is 2. The van der Waals surface area contributed by atoms with Crippen LogP contribution in [0.15, 0.2) is 54.6 Å².